The van der Waals surface area contributed by atoms with Crippen molar-refractivity contribution >= 4 is 5.91 Å². The maximum atomic E-state index is 13.0. The number of aliphatic hydroxyl groups excluding tert-OH is 1. The van der Waals surface area contributed by atoms with Crippen LogP contribution >= 0.6 is 0 Å². The highest BCUT2D eigenvalue weighted by atomic mass is 16.5. The van der Waals surface area contributed by atoms with Crippen molar-refractivity contribution in [2.75, 3.05) is 39.9 Å². The Labute approximate surface area is 155 Å². The molecule has 5 nitrogen and oxygen atoms in total. The van der Waals surface area contributed by atoms with Gasteiger partial charge in [0.05, 0.1) is 19.1 Å². The minimum atomic E-state index is -0.239. The van der Waals surface area contributed by atoms with Gasteiger partial charge in [-0.05, 0) is 62.3 Å². The van der Waals surface area contributed by atoms with Gasteiger partial charge in [-0.15, -0.1) is 0 Å². The second-order valence-electron chi connectivity index (χ2n) is 8.15. The zero-order chi connectivity index (χ0) is 18.1. The van der Waals surface area contributed by atoms with Gasteiger partial charge in [-0.3, -0.25) is 9.69 Å². The number of β-amino-alcohol motifs (C(OH)–C–C–N with tert-alkyl or cyclic N) is 1. The number of carbonyl (C=O) groups is 1. The molecule has 1 aliphatic carbocycles. The van der Waals surface area contributed by atoms with Crippen molar-refractivity contribution in [1.29, 1.82) is 0 Å². The fourth-order valence-corrected chi connectivity index (χ4v) is 5.17. The molecule has 3 aliphatic rings. The van der Waals surface area contributed by atoms with Gasteiger partial charge in [0.1, 0.15) is 5.75 Å². The molecule has 1 unspecified atom stereocenters. The van der Waals surface area contributed by atoms with Gasteiger partial charge in [-0.25, -0.2) is 0 Å². The molecule has 0 radical (unpaired) electrons. The van der Waals surface area contributed by atoms with Gasteiger partial charge in [0, 0.05) is 31.7 Å². The number of amides is 1. The van der Waals surface area contributed by atoms with E-state index in [0.29, 0.717) is 6.54 Å². The molecule has 2 aliphatic heterocycles. The molecule has 0 bridgehead atoms. The Kier molecular flexibility index (Phi) is 4.93. The number of hydrogen-bond donors (Lipinski definition) is 1. The molecule has 5 heteroatoms. The fourth-order valence-electron chi connectivity index (χ4n) is 5.17. The van der Waals surface area contributed by atoms with Crippen LogP contribution in [0.4, 0.5) is 0 Å². The van der Waals surface area contributed by atoms with Crippen LogP contribution in [0.25, 0.3) is 0 Å². The summed E-state index contributed by atoms with van der Waals surface area (Å²) in [5.74, 6) is 1.24. The summed E-state index contributed by atoms with van der Waals surface area (Å²) in [4.78, 5) is 17.3. The first-order chi connectivity index (χ1) is 12.6. The lowest BCUT2D eigenvalue weighted by atomic mass is 9.78. The van der Waals surface area contributed by atoms with Crippen molar-refractivity contribution in [3.63, 3.8) is 0 Å². The van der Waals surface area contributed by atoms with E-state index in [-0.39, 0.29) is 17.9 Å². The summed E-state index contributed by atoms with van der Waals surface area (Å²) in [7, 11) is 1.75. The topological polar surface area (TPSA) is 53.0 Å². The zero-order valence-electron chi connectivity index (χ0n) is 15.8. The maximum absolute atomic E-state index is 13.0. The Bertz CT molecular complexity index is 688. The van der Waals surface area contributed by atoms with Crippen LogP contribution in [0.5, 0.6) is 5.75 Å². The van der Waals surface area contributed by atoms with Crippen molar-refractivity contribution in [1.82, 2.24) is 9.80 Å². The number of hydrogen-bond acceptors (Lipinski definition) is 4. The number of benzene rings is 1. The van der Waals surface area contributed by atoms with Crippen LogP contribution in [0.1, 0.15) is 42.4 Å². The SMILES string of the molecule is COc1cc2c(cc1CN1CCC3(CCCN(CCO)C3=O)C1)CCC2. The minimum Gasteiger partial charge on any atom is -0.496 e. The molecule has 26 heavy (non-hydrogen) atoms. The summed E-state index contributed by atoms with van der Waals surface area (Å²) >= 11 is 0. The van der Waals surface area contributed by atoms with Crippen molar-refractivity contribution < 1.29 is 14.6 Å². The molecule has 1 atom stereocenters. The van der Waals surface area contributed by atoms with E-state index in [2.05, 4.69) is 17.0 Å². The number of aryl methyl sites for hydroxylation is 2. The van der Waals surface area contributed by atoms with Gasteiger partial charge in [0.25, 0.3) is 0 Å². The smallest absolute Gasteiger partial charge is 0.230 e. The Balaban J connectivity index is 1.49. The highest BCUT2D eigenvalue weighted by molar-refractivity contribution is 5.84. The van der Waals surface area contributed by atoms with E-state index in [0.717, 1.165) is 57.6 Å². The van der Waals surface area contributed by atoms with Crippen LogP contribution in [0, 0.1) is 5.41 Å². The Morgan fingerprint density at radius 1 is 1.15 bits per heavy atom. The molecule has 4 rings (SSSR count). The highest BCUT2D eigenvalue weighted by Crippen LogP contribution is 2.41. The lowest BCUT2D eigenvalue weighted by molar-refractivity contribution is -0.146. The van der Waals surface area contributed by atoms with E-state index in [1.54, 1.807) is 7.11 Å². The summed E-state index contributed by atoms with van der Waals surface area (Å²) in [5, 5.41) is 9.23. The summed E-state index contributed by atoms with van der Waals surface area (Å²) in [6.07, 6.45) is 6.52. The second-order valence-corrected chi connectivity index (χ2v) is 8.15. The van der Waals surface area contributed by atoms with E-state index in [4.69, 9.17) is 4.74 Å². The molecular weight excluding hydrogens is 328 g/mol. The van der Waals surface area contributed by atoms with Gasteiger partial charge < -0.3 is 14.7 Å². The number of aliphatic hydroxyl groups is 1. The Hall–Kier alpha value is -1.59. The van der Waals surface area contributed by atoms with Crippen LogP contribution < -0.4 is 4.74 Å². The minimum absolute atomic E-state index is 0.0534. The highest BCUT2D eigenvalue weighted by Gasteiger charge is 2.48. The van der Waals surface area contributed by atoms with E-state index in [1.807, 2.05) is 4.90 Å². The average Bonchev–Trinajstić information content (AvgIpc) is 3.26. The molecule has 2 fully saturated rings. The molecule has 2 heterocycles. The van der Waals surface area contributed by atoms with Crippen LogP contribution in [0.2, 0.25) is 0 Å². The first kappa shape index (κ1) is 17.8. The first-order valence-corrected chi connectivity index (χ1v) is 9.96. The zero-order valence-corrected chi connectivity index (χ0v) is 15.8. The number of nitrogens with zero attached hydrogens (tertiary/aromatic N) is 2. The third-order valence-corrected chi connectivity index (χ3v) is 6.52. The summed E-state index contributed by atoms with van der Waals surface area (Å²) in [6.45, 7) is 3.95. The molecule has 1 aromatic carbocycles. The van der Waals surface area contributed by atoms with Crippen molar-refractivity contribution in [2.24, 2.45) is 5.41 Å². The van der Waals surface area contributed by atoms with Crippen molar-refractivity contribution in [3.8, 4) is 5.75 Å². The van der Waals surface area contributed by atoms with Gasteiger partial charge >= 0.3 is 0 Å². The molecule has 2 saturated heterocycles. The number of carbonyl (C=O) groups excluding carboxylic acids is 1. The van der Waals surface area contributed by atoms with E-state index in [1.165, 1.54) is 29.5 Å². The molecule has 1 aromatic rings. The summed E-state index contributed by atoms with van der Waals surface area (Å²) in [5.41, 5.74) is 3.92. The molecule has 0 aromatic heterocycles. The van der Waals surface area contributed by atoms with E-state index < -0.39 is 0 Å². The number of ether oxygens (including phenoxy) is 1. The predicted molar refractivity (Wildman–Crippen MR) is 100 cm³/mol. The Morgan fingerprint density at radius 2 is 1.96 bits per heavy atom. The van der Waals surface area contributed by atoms with Crippen LogP contribution in [0.3, 0.4) is 0 Å². The molecular formula is C21H30N2O3. The van der Waals surface area contributed by atoms with Crippen LogP contribution in [0.15, 0.2) is 12.1 Å². The third kappa shape index (κ3) is 3.12. The van der Waals surface area contributed by atoms with Crippen molar-refractivity contribution in [3.05, 3.63) is 28.8 Å². The van der Waals surface area contributed by atoms with Crippen LogP contribution in [-0.2, 0) is 24.2 Å². The van der Waals surface area contributed by atoms with Gasteiger partial charge in [-0.2, -0.15) is 0 Å². The number of piperidine rings is 1. The first-order valence-electron chi connectivity index (χ1n) is 9.96. The second kappa shape index (κ2) is 7.20. The number of methoxy groups -OCH3 is 1. The Morgan fingerprint density at radius 3 is 2.73 bits per heavy atom. The number of rotatable bonds is 5. The normalized spacial score (nSPS) is 25.9. The number of likely N-dealkylation sites (tertiary alicyclic amines) is 2. The molecule has 1 N–H and O–H groups in total. The molecule has 142 valence electrons. The molecule has 0 saturated carbocycles. The van der Waals surface area contributed by atoms with Gasteiger partial charge in [-0.1, -0.05) is 6.07 Å². The van der Waals surface area contributed by atoms with Crippen molar-refractivity contribution in [2.45, 2.75) is 45.1 Å². The lowest BCUT2D eigenvalue weighted by Crippen LogP contribution is -2.50. The molecule has 1 spiro atoms. The summed E-state index contributed by atoms with van der Waals surface area (Å²) < 4.78 is 5.66. The summed E-state index contributed by atoms with van der Waals surface area (Å²) in [6, 6.07) is 4.55. The monoisotopic (exact) mass is 358 g/mol. The van der Waals surface area contributed by atoms with E-state index in [9.17, 15) is 9.90 Å². The average molecular weight is 358 g/mol. The molecule has 1 amide bonds. The standard InChI is InChI=1S/C21H30N2O3/c1-26-19-13-17-5-2-4-16(17)12-18(19)14-22-9-7-21(15-22)6-3-8-23(10-11-24)20(21)25/h12-13,24H,2-11,14-15H2,1H3. The maximum Gasteiger partial charge on any atom is 0.230 e. The van der Waals surface area contributed by atoms with Gasteiger partial charge in [0.2, 0.25) is 5.91 Å². The fraction of sp³-hybridized carbons (Fsp3) is 0.667. The third-order valence-electron chi connectivity index (χ3n) is 6.52. The van der Waals surface area contributed by atoms with Crippen LogP contribution in [-0.4, -0.2) is 60.7 Å². The quantitative estimate of drug-likeness (QED) is 0.875. The predicted octanol–water partition coefficient (Wildman–Crippen LogP) is 1.99. The lowest BCUT2D eigenvalue weighted by Gasteiger charge is -2.39. The van der Waals surface area contributed by atoms with E-state index >= 15 is 0 Å². The van der Waals surface area contributed by atoms with Gasteiger partial charge in [0.15, 0.2) is 0 Å². The largest absolute Gasteiger partial charge is 0.496 e. The number of fused-ring (bicyclic) bond motifs is 1.